The maximum absolute atomic E-state index is 12.7. The molecule has 2 N–H and O–H groups in total. The van der Waals surface area contributed by atoms with Gasteiger partial charge in [-0.2, -0.15) is 0 Å². The zero-order valence-corrected chi connectivity index (χ0v) is 12.8. The number of aldehydes is 2. The molecule has 7 heteroatoms. The summed E-state index contributed by atoms with van der Waals surface area (Å²) in [7, 11) is -4.21. The summed E-state index contributed by atoms with van der Waals surface area (Å²) in [5.41, 5.74) is 0.342. The molecule has 23 heavy (non-hydrogen) atoms. The quantitative estimate of drug-likeness (QED) is 0.773. The monoisotopic (exact) mass is 334 g/mol. The highest BCUT2D eigenvalue weighted by Gasteiger charge is 2.26. The van der Waals surface area contributed by atoms with Crippen molar-refractivity contribution in [1.29, 1.82) is 0 Å². The zero-order chi connectivity index (χ0) is 17.0. The molecule has 0 aromatic heterocycles. The van der Waals surface area contributed by atoms with E-state index in [1.807, 2.05) is 0 Å². The van der Waals surface area contributed by atoms with E-state index in [4.69, 9.17) is 0 Å². The molecule has 2 rings (SSSR count). The Bertz CT molecular complexity index is 789. The van der Waals surface area contributed by atoms with Gasteiger partial charge in [0, 0.05) is 24.0 Å². The third-order valence-corrected chi connectivity index (χ3v) is 5.17. The van der Waals surface area contributed by atoms with Crippen molar-refractivity contribution in [1.82, 2.24) is 0 Å². The SMILES string of the molecule is O=CCc1cccc(S(=O)(=O)c2cccc(CC=O)c2O)c1O. The summed E-state index contributed by atoms with van der Waals surface area (Å²) in [5.74, 6) is -1.06. The van der Waals surface area contributed by atoms with E-state index in [0.717, 1.165) is 0 Å². The Morgan fingerprint density at radius 1 is 0.783 bits per heavy atom. The van der Waals surface area contributed by atoms with Crippen LogP contribution in [-0.2, 0) is 32.3 Å². The molecule has 0 amide bonds. The van der Waals surface area contributed by atoms with E-state index in [2.05, 4.69) is 0 Å². The number of hydrogen-bond donors (Lipinski definition) is 2. The summed E-state index contributed by atoms with van der Waals surface area (Å²) < 4.78 is 25.4. The topological polar surface area (TPSA) is 109 Å². The lowest BCUT2D eigenvalue weighted by atomic mass is 10.1. The second-order valence-corrected chi connectivity index (χ2v) is 6.66. The average Bonchev–Trinajstić information content (AvgIpc) is 2.51. The van der Waals surface area contributed by atoms with Crippen LogP contribution >= 0.6 is 0 Å². The number of benzene rings is 2. The number of phenolic OH excluding ortho intramolecular Hbond substituents is 2. The molecule has 0 bridgehead atoms. The number of carbonyl (C=O) groups is 2. The molecule has 2 aromatic rings. The Balaban J connectivity index is 2.64. The fourth-order valence-electron chi connectivity index (χ4n) is 2.20. The summed E-state index contributed by atoms with van der Waals surface area (Å²) in [6.45, 7) is 0. The molecular weight excluding hydrogens is 320 g/mol. The van der Waals surface area contributed by atoms with Crippen LogP contribution in [0, 0.1) is 0 Å². The molecule has 0 atom stereocenters. The van der Waals surface area contributed by atoms with E-state index in [1.54, 1.807) is 0 Å². The molecule has 0 aliphatic carbocycles. The van der Waals surface area contributed by atoms with Crippen molar-refractivity contribution in [2.45, 2.75) is 22.6 Å². The summed E-state index contributed by atoms with van der Waals surface area (Å²) in [4.78, 5) is 20.4. The zero-order valence-electron chi connectivity index (χ0n) is 12.0. The minimum atomic E-state index is -4.21. The third-order valence-electron chi connectivity index (χ3n) is 3.35. The van der Waals surface area contributed by atoms with Gasteiger partial charge in [-0.05, 0) is 12.1 Å². The lowest BCUT2D eigenvalue weighted by Crippen LogP contribution is -2.05. The molecule has 0 aliphatic heterocycles. The highest BCUT2D eigenvalue weighted by Crippen LogP contribution is 2.36. The van der Waals surface area contributed by atoms with E-state index >= 15 is 0 Å². The molecule has 0 fully saturated rings. The van der Waals surface area contributed by atoms with Crippen molar-refractivity contribution < 1.29 is 28.2 Å². The van der Waals surface area contributed by atoms with Crippen molar-refractivity contribution >= 4 is 22.4 Å². The van der Waals surface area contributed by atoms with Crippen LogP contribution in [0.25, 0.3) is 0 Å². The fourth-order valence-corrected chi connectivity index (χ4v) is 3.72. The number of phenols is 2. The Labute approximate surface area is 132 Å². The van der Waals surface area contributed by atoms with Crippen LogP contribution in [0.2, 0.25) is 0 Å². The first-order valence-electron chi connectivity index (χ1n) is 6.67. The van der Waals surface area contributed by atoms with Crippen LogP contribution < -0.4 is 0 Å². The lowest BCUT2D eigenvalue weighted by Gasteiger charge is -2.12. The van der Waals surface area contributed by atoms with Gasteiger partial charge in [0.15, 0.2) is 0 Å². The van der Waals surface area contributed by atoms with Gasteiger partial charge in [-0.1, -0.05) is 24.3 Å². The summed E-state index contributed by atoms with van der Waals surface area (Å²) in [6.07, 6.45) is 0.833. The van der Waals surface area contributed by atoms with Crippen LogP contribution in [0.15, 0.2) is 46.2 Å². The lowest BCUT2D eigenvalue weighted by molar-refractivity contribution is -0.108. The highest BCUT2D eigenvalue weighted by atomic mass is 32.2. The average molecular weight is 334 g/mol. The Morgan fingerprint density at radius 3 is 1.52 bits per heavy atom. The molecule has 6 nitrogen and oxygen atoms in total. The fraction of sp³-hybridized carbons (Fsp3) is 0.125. The molecule has 0 radical (unpaired) electrons. The van der Waals surface area contributed by atoms with Crippen LogP contribution in [0.4, 0.5) is 0 Å². The maximum Gasteiger partial charge on any atom is 0.213 e. The first-order valence-corrected chi connectivity index (χ1v) is 8.16. The van der Waals surface area contributed by atoms with Crippen molar-refractivity contribution in [3.05, 3.63) is 47.5 Å². The van der Waals surface area contributed by atoms with Gasteiger partial charge < -0.3 is 19.8 Å². The molecule has 0 aliphatic rings. The Hall–Kier alpha value is -2.67. The predicted molar refractivity (Wildman–Crippen MR) is 81.2 cm³/mol. The van der Waals surface area contributed by atoms with Gasteiger partial charge in [0.25, 0.3) is 0 Å². The van der Waals surface area contributed by atoms with E-state index < -0.39 is 31.1 Å². The molecular formula is C16H14O6S. The van der Waals surface area contributed by atoms with Gasteiger partial charge in [0.2, 0.25) is 9.84 Å². The third kappa shape index (κ3) is 3.09. The molecule has 2 aromatic carbocycles. The summed E-state index contributed by atoms with van der Waals surface area (Å²) in [5, 5.41) is 20.2. The largest absolute Gasteiger partial charge is 0.506 e. The Morgan fingerprint density at radius 2 is 1.17 bits per heavy atom. The molecule has 0 saturated carbocycles. The predicted octanol–water partition coefficient (Wildman–Crippen LogP) is 1.41. The molecule has 0 spiro atoms. The first kappa shape index (κ1) is 16.7. The van der Waals surface area contributed by atoms with Gasteiger partial charge in [0.1, 0.15) is 33.9 Å². The number of sulfone groups is 1. The number of rotatable bonds is 6. The smallest absolute Gasteiger partial charge is 0.213 e. The van der Waals surface area contributed by atoms with Gasteiger partial charge in [-0.3, -0.25) is 0 Å². The van der Waals surface area contributed by atoms with Gasteiger partial charge >= 0.3 is 0 Å². The van der Waals surface area contributed by atoms with Crippen LogP contribution in [-0.4, -0.2) is 31.2 Å². The van der Waals surface area contributed by atoms with Gasteiger partial charge in [-0.15, -0.1) is 0 Å². The van der Waals surface area contributed by atoms with E-state index in [9.17, 15) is 28.2 Å². The van der Waals surface area contributed by atoms with Crippen LogP contribution in [0.1, 0.15) is 11.1 Å². The number of aromatic hydroxyl groups is 2. The number of carbonyl (C=O) groups excluding carboxylic acids is 2. The highest BCUT2D eigenvalue weighted by molar-refractivity contribution is 7.91. The van der Waals surface area contributed by atoms with E-state index in [0.29, 0.717) is 12.6 Å². The molecule has 120 valence electrons. The summed E-state index contributed by atoms with van der Waals surface area (Å²) in [6, 6.07) is 8.04. The Kier molecular flexibility index (Phi) is 4.80. The minimum Gasteiger partial charge on any atom is -0.506 e. The normalized spacial score (nSPS) is 11.1. The second kappa shape index (κ2) is 6.62. The van der Waals surface area contributed by atoms with E-state index in [1.165, 1.54) is 36.4 Å². The second-order valence-electron chi connectivity index (χ2n) is 4.77. The number of hydrogen-bond acceptors (Lipinski definition) is 6. The summed E-state index contributed by atoms with van der Waals surface area (Å²) >= 11 is 0. The van der Waals surface area contributed by atoms with Crippen LogP contribution in [0.3, 0.4) is 0 Å². The first-order chi connectivity index (χ1) is 10.9. The number of para-hydroxylation sites is 2. The minimum absolute atomic E-state index is 0.133. The van der Waals surface area contributed by atoms with Crippen molar-refractivity contribution in [3.8, 4) is 11.5 Å². The maximum atomic E-state index is 12.7. The molecule has 0 unspecified atom stereocenters. The van der Waals surface area contributed by atoms with Crippen molar-refractivity contribution in [3.63, 3.8) is 0 Å². The van der Waals surface area contributed by atoms with Crippen molar-refractivity contribution in [2.24, 2.45) is 0 Å². The van der Waals surface area contributed by atoms with Crippen LogP contribution in [0.5, 0.6) is 11.5 Å². The van der Waals surface area contributed by atoms with Crippen molar-refractivity contribution in [2.75, 3.05) is 0 Å². The molecule has 0 saturated heterocycles. The van der Waals surface area contributed by atoms with Gasteiger partial charge in [-0.25, -0.2) is 8.42 Å². The molecule has 0 heterocycles. The van der Waals surface area contributed by atoms with E-state index in [-0.39, 0.29) is 24.0 Å². The van der Waals surface area contributed by atoms with Gasteiger partial charge in [0.05, 0.1) is 0 Å². The standard InChI is InChI=1S/C16H14O6S/c17-9-7-11-3-1-5-13(15(11)19)23(21,22)14-6-2-4-12(8-10-18)16(14)20/h1-6,9-10,19-20H,7-8H2.